The Hall–Kier alpha value is -1.50. The van der Waals surface area contributed by atoms with Crippen molar-refractivity contribution in [1.82, 2.24) is 20.0 Å². The van der Waals surface area contributed by atoms with Crippen molar-refractivity contribution in [3.8, 4) is 0 Å². The Morgan fingerprint density at radius 1 is 1.16 bits per heavy atom. The molecule has 0 bridgehead atoms. The predicted molar refractivity (Wildman–Crippen MR) is 72.1 cm³/mol. The second kappa shape index (κ2) is 7.83. The lowest BCUT2D eigenvalue weighted by molar-refractivity contribution is 0.128. The molecular weight excluding hydrogens is 248 g/mol. The van der Waals surface area contributed by atoms with Crippen LogP contribution in [0.25, 0.3) is 0 Å². The zero-order chi connectivity index (χ0) is 14.3. The molecule has 19 heavy (non-hydrogen) atoms. The van der Waals surface area contributed by atoms with Gasteiger partial charge < -0.3 is 24.8 Å². The van der Waals surface area contributed by atoms with Crippen LogP contribution in [-0.4, -0.2) is 87.3 Å². The standard InChI is InChI=1S/C12H24N4O3/c1-14(2)12(18)16-8-6-15(7-9-16)11(17)13-5-4-10-19-3/h4-10H2,1-3H3,(H,13,17). The molecule has 7 heteroatoms. The van der Waals surface area contributed by atoms with Crippen LogP contribution in [0.5, 0.6) is 0 Å². The SMILES string of the molecule is COCCCNC(=O)N1CCN(C(=O)N(C)C)CC1. The van der Waals surface area contributed by atoms with E-state index in [4.69, 9.17) is 4.74 Å². The first-order chi connectivity index (χ1) is 9.06. The summed E-state index contributed by atoms with van der Waals surface area (Å²) < 4.78 is 4.92. The number of urea groups is 2. The molecule has 0 aromatic heterocycles. The fraction of sp³-hybridized carbons (Fsp3) is 0.833. The third kappa shape index (κ3) is 4.94. The van der Waals surface area contributed by atoms with Gasteiger partial charge in [0.15, 0.2) is 0 Å². The molecule has 1 aliphatic rings. The maximum absolute atomic E-state index is 11.8. The van der Waals surface area contributed by atoms with Crippen molar-refractivity contribution in [1.29, 1.82) is 0 Å². The van der Waals surface area contributed by atoms with Gasteiger partial charge in [-0.25, -0.2) is 9.59 Å². The van der Waals surface area contributed by atoms with Gasteiger partial charge in [-0.05, 0) is 6.42 Å². The van der Waals surface area contributed by atoms with Gasteiger partial charge in [0.25, 0.3) is 0 Å². The van der Waals surface area contributed by atoms with Crippen LogP contribution in [0.2, 0.25) is 0 Å². The third-order valence-corrected chi connectivity index (χ3v) is 3.02. The van der Waals surface area contributed by atoms with E-state index in [0.717, 1.165) is 6.42 Å². The van der Waals surface area contributed by atoms with Crippen LogP contribution in [0.1, 0.15) is 6.42 Å². The van der Waals surface area contributed by atoms with Gasteiger partial charge in [-0.3, -0.25) is 0 Å². The van der Waals surface area contributed by atoms with Gasteiger partial charge in [-0.15, -0.1) is 0 Å². The van der Waals surface area contributed by atoms with Crippen LogP contribution in [0.3, 0.4) is 0 Å². The van der Waals surface area contributed by atoms with Gasteiger partial charge in [-0.2, -0.15) is 0 Å². The summed E-state index contributed by atoms with van der Waals surface area (Å²) in [6, 6.07) is -0.0618. The molecule has 1 aliphatic heterocycles. The Bertz CT molecular complexity index is 301. The fourth-order valence-electron chi connectivity index (χ4n) is 1.91. The highest BCUT2D eigenvalue weighted by atomic mass is 16.5. The summed E-state index contributed by atoms with van der Waals surface area (Å²) >= 11 is 0. The van der Waals surface area contributed by atoms with E-state index in [1.54, 1.807) is 35.9 Å². The number of nitrogens with one attached hydrogen (secondary N) is 1. The Morgan fingerprint density at radius 3 is 2.26 bits per heavy atom. The molecule has 0 saturated carbocycles. The van der Waals surface area contributed by atoms with Crippen molar-refractivity contribution in [2.24, 2.45) is 0 Å². The van der Waals surface area contributed by atoms with E-state index in [1.807, 2.05) is 0 Å². The molecule has 1 saturated heterocycles. The zero-order valence-electron chi connectivity index (χ0n) is 12.0. The van der Waals surface area contributed by atoms with E-state index >= 15 is 0 Å². The maximum Gasteiger partial charge on any atom is 0.319 e. The first kappa shape index (κ1) is 15.6. The lowest BCUT2D eigenvalue weighted by Gasteiger charge is -2.35. The highest BCUT2D eigenvalue weighted by molar-refractivity contribution is 5.76. The number of piperazine rings is 1. The number of hydrogen-bond acceptors (Lipinski definition) is 3. The number of amides is 4. The third-order valence-electron chi connectivity index (χ3n) is 3.02. The summed E-state index contributed by atoms with van der Waals surface area (Å²) in [5.41, 5.74) is 0. The first-order valence-corrected chi connectivity index (χ1v) is 6.54. The number of hydrogen-bond donors (Lipinski definition) is 1. The van der Waals surface area contributed by atoms with Crippen molar-refractivity contribution in [3.63, 3.8) is 0 Å². The van der Waals surface area contributed by atoms with Crippen LogP contribution in [0.4, 0.5) is 9.59 Å². The number of nitrogens with zero attached hydrogens (tertiary/aromatic N) is 3. The summed E-state index contributed by atoms with van der Waals surface area (Å²) in [4.78, 5) is 28.6. The average Bonchev–Trinajstić information content (AvgIpc) is 2.42. The van der Waals surface area contributed by atoms with E-state index in [9.17, 15) is 9.59 Å². The average molecular weight is 272 g/mol. The monoisotopic (exact) mass is 272 g/mol. The van der Waals surface area contributed by atoms with Crippen LogP contribution < -0.4 is 5.32 Å². The van der Waals surface area contributed by atoms with E-state index < -0.39 is 0 Å². The Balaban J connectivity index is 2.25. The van der Waals surface area contributed by atoms with Crippen molar-refractivity contribution >= 4 is 12.1 Å². The van der Waals surface area contributed by atoms with Crippen molar-refractivity contribution in [3.05, 3.63) is 0 Å². The highest BCUT2D eigenvalue weighted by Crippen LogP contribution is 2.04. The molecule has 1 rings (SSSR count). The second-order valence-electron chi connectivity index (χ2n) is 4.73. The zero-order valence-corrected chi connectivity index (χ0v) is 12.0. The quantitative estimate of drug-likeness (QED) is 0.734. The van der Waals surface area contributed by atoms with Crippen LogP contribution >= 0.6 is 0 Å². The van der Waals surface area contributed by atoms with E-state index in [2.05, 4.69) is 5.32 Å². The normalized spacial score (nSPS) is 15.3. The minimum atomic E-state index is -0.0620. The number of carbonyl (C=O) groups is 2. The molecule has 0 unspecified atom stereocenters. The molecule has 1 fully saturated rings. The van der Waals surface area contributed by atoms with Crippen molar-refractivity contribution in [2.75, 3.05) is 60.5 Å². The molecule has 110 valence electrons. The summed E-state index contributed by atoms with van der Waals surface area (Å²) in [7, 11) is 5.11. The number of methoxy groups -OCH3 is 1. The molecule has 0 aromatic carbocycles. The second-order valence-corrected chi connectivity index (χ2v) is 4.73. The molecule has 1 heterocycles. The smallest absolute Gasteiger partial charge is 0.319 e. The molecule has 1 N–H and O–H groups in total. The van der Waals surface area contributed by atoms with Gasteiger partial charge in [-0.1, -0.05) is 0 Å². The molecule has 7 nitrogen and oxygen atoms in total. The largest absolute Gasteiger partial charge is 0.385 e. The van der Waals surface area contributed by atoms with Gasteiger partial charge in [0.2, 0.25) is 0 Å². The fourth-order valence-corrected chi connectivity index (χ4v) is 1.91. The highest BCUT2D eigenvalue weighted by Gasteiger charge is 2.24. The number of carbonyl (C=O) groups excluding carboxylic acids is 2. The van der Waals surface area contributed by atoms with Gasteiger partial charge >= 0.3 is 12.1 Å². The minimum absolute atomic E-state index is 0.000141. The maximum atomic E-state index is 11.8. The Kier molecular flexibility index (Phi) is 6.41. The van der Waals surface area contributed by atoms with Gasteiger partial charge in [0.1, 0.15) is 0 Å². The van der Waals surface area contributed by atoms with Crippen LogP contribution in [0.15, 0.2) is 0 Å². The predicted octanol–water partition coefficient (Wildman–Crippen LogP) is 0.0317. The Morgan fingerprint density at radius 2 is 1.74 bits per heavy atom. The van der Waals surface area contributed by atoms with Crippen molar-refractivity contribution < 1.29 is 14.3 Å². The van der Waals surface area contributed by atoms with E-state index in [-0.39, 0.29) is 12.1 Å². The molecular formula is C12H24N4O3. The molecule has 0 atom stereocenters. The Labute approximate surface area is 114 Å². The van der Waals surface area contributed by atoms with Crippen LogP contribution in [-0.2, 0) is 4.74 Å². The molecule has 0 spiro atoms. The lowest BCUT2D eigenvalue weighted by Crippen LogP contribution is -2.54. The summed E-state index contributed by atoms with van der Waals surface area (Å²) in [6.07, 6.45) is 0.807. The van der Waals surface area contributed by atoms with E-state index in [1.165, 1.54) is 0 Å². The molecule has 0 aromatic rings. The van der Waals surface area contributed by atoms with Crippen molar-refractivity contribution in [2.45, 2.75) is 6.42 Å². The summed E-state index contributed by atoms with van der Waals surface area (Å²) in [5, 5.41) is 2.85. The summed E-state index contributed by atoms with van der Waals surface area (Å²) in [5.74, 6) is 0. The van der Waals surface area contributed by atoms with E-state index in [0.29, 0.717) is 39.3 Å². The van der Waals surface area contributed by atoms with Gasteiger partial charge in [0.05, 0.1) is 0 Å². The molecule has 0 aliphatic carbocycles. The van der Waals surface area contributed by atoms with Crippen LogP contribution in [0, 0.1) is 0 Å². The lowest BCUT2D eigenvalue weighted by atomic mass is 10.3. The number of ether oxygens (including phenoxy) is 1. The topological polar surface area (TPSA) is 65.1 Å². The molecule has 0 radical (unpaired) electrons. The first-order valence-electron chi connectivity index (χ1n) is 6.54. The molecule has 4 amide bonds. The minimum Gasteiger partial charge on any atom is -0.385 e. The number of rotatable bonds is 4. The van der Waals surface area contributed by atoms with Gasteiger partial charge in [0, 0.05) is 60.5 Å². The summed E-state index contributed by atoms with van der Waals surface area (Å²) in [6.45, 7) is 3.59.